The average Bonchev–Trinajstić information content (AvgIpc) is 2.32. The van der Waals surface area contributed by atoms with Crippen LogP contribution in [0.4, 0.5) is 0 Å². The fourth-order valence-electron chi connectivity index (χ4n) is 2.14. The number of hydrogen-bond acceptors (Lipinski definition) is 3. The molecule has 1 aliphatic rings. The average molecular weight is 252 g/mol. The Morgan fingerprint density at radius 3 is 2.50 bits per heavy atom. The van der Waals surface area contributed by atoms with Crippen molar-refractivity contribution in [2.75, 3.05) is 19.6 Å². The zero-order valence-corrected chi connectivity index (χ0v) is 11.4. The molecule has 0 aromatic carbocycles. The Labute approximate surface area is 110 Å². The molecule has 18 heavy (non-hydrogen) atoms. The highest BCUT2D eigenvalue weighted by atomic mass is 16.3. The predicted molar refractivity (Wildman–Crippen MR) is 71.9 cm³/mol. The largest absolute Gasteiger partial charge is 0.388 e. The predicted octanol–water partition coefficient (Wildman–Crippen LogP) is 0.657. The second kappa shape index (κ2) is 6.21. The summed E-state index contributed by atoms with van der Waals surface area (Å²) in [4.78, 5) is 11.5. The quantitative estimate of drug-likeness (QED) is 0.497. The molecule has 0 aromatic rings. The lowest BCUT2D eigenvalue weighted by atomic mass is 9.71. The van der Waals surface area contributed by atoms with Gasteiger partial charge in [-0.1, -0.05) is 19.8 Å². The molecule has 0 spiro atoms. The van der Waals surface area contributed by atoms with Crippen molar-refractivity contribution in [1.29, 1.82) is 0 Å². The minimum absolute atomic E-state index is 0.122. The first kappa shape index (κ1) is 15.0. The van der Waals surface area contributed by atoms with Gasteiger partial charge in [0.25, 0.3) is 0 Å². The van der Waals surface area contributed by atoms with E-state index in [-0.39, 0.29) is 12.5 Å². The van der Waals surface area contributed by atoms with Gasteiger partial charge in [0.2, 0.25) is 5.91 Å². The lowest BCUT2D eigenvalue weighted by Crippen LogP contribution is -2.48. The maximum Gasteiger partial charge on any atom is 0.234 e. The third kappa shape index (κ3) is 5.07. The molecule has 0 aliphatic heterocycles. The van der Waals surface area contributed by atoms with Crippen molar-refractivity contribution in [3.63, 3.8) is 0 Å². The van der Waals surface area contributed by atoms with Crippen molar-refractivity contribution in [2.24, 2.45) is 5.41 Å². The molecular weight excluding hydrogens is 228 g/mol. The van der Waals surface area contributed by atoms with E-state index in [1.165, 1.54) is 0 Å². The summed E-state index contributed by atoms with van der Waals surface area (Å²) >= 11 is 0. The monoisotopic (exact) mass is 252 g/mol. The summed E-state index contributed by atoms with van der Waals surface area (Å²) in [5, 5.41) is 15.9. The molecule has 0 aromatic heterocycles. The first-order valence-electron chi connectivity index (χ1n) is 6.50. The summed E-state index contributed by atoms with van der Waals surface area (Å²) in [6, 6.07) is 0. The highest BCUT2D eigenvalue weighted by Gasteiger charge is 2.36. The zero-order chi connectivity index (χ0) is 13.6. The summed E-state index contributed by atoms with van der Waals surface area (Å²) < 4.78 is 0. The zero-order valence-electron chi connectivity index (χ0n) is 11.4. The molecule has 0 bridgehead atoms. The van der Waals surface area contributed by atoms with Crippen molar-refractivity contribution in [3.8, 4) is 12.3 Å². The SMILES string of the molecule is C#CCNCC(=O)NCC1(O)CCC(C)(C)CC1. The normalized spacial score (nSPS) is 21.0. The first-order valence-corrected chi connectivity index (χ1v) is 6.50. The second-order valence-electron chi connectivity index (χ2n) is 5.97. The van der Waals surface area contributed by atoms with E-state index in [0.29, 0.717) is 18.5 Å². The molecule has 4 nitrogen and oxygen atoms in total. The van der Waals surface area contributed by atoms with Crippen LogP contribution in [0.1, 0.15) is 39.5 Å². The summed E-state index contributed by atoms with van der Waals surface area (Å²) in [6.45, 7) is 5.35. The fourth-order valence-corrected chi connectivity index (χ4v) is 2.14. The lowest BCUT2D eigenvalue weighted by Gasteiger charge is -2.40. The third-order valence-electron chi connectivity index (χ3n) is 3.66. The number of aliphatic hydroxyl groups is 1. The number of rotatable bonds is 5. The van der Waals surface area contributed by atoms with Crippen LogP contribution in [0.2, 0.25) is 0 Å². The van der Waals surface area contributed by atoms with Crippen molar-refractivity contribution in [2.45, 2.75) is 45.1 Å². The number of hydrogen-bond donors (Lipinski definition) is 3. The van der Waals surface area contributed by atoms with Crippen LogP contribution in [-0.2, 0) is 4.79 Å². The molecular formula is C14H24N2O2. The molecule has 0 saturated heterocycles. The van der Waals surface area contributed by atoms with Crippen LogP contribution < -0.4 is 10.6 Å². The van der Waals surface area contributed by atoms with Crippen molar-refractivity contribution < 1.29 is 9.90 Å². The van der Waals surface area contributed by atoms with Gasteiger partial charge in [-0.3, -0.25) is 10.1 Å². The van der Waals surface area contributed by atoms with E-state index in [1.54, 1.807) is 0 Å². The van der Waals surface area contributed by atoms with E-state index < -0.39 is 5.60 Å². The van der Waals surface area contributed by atoms with Crippen LogP contribution in [0.3, 0.4) is 0 Å². The summed E-state index contributed by atoms with van der Waals surface area (Å²) in [6.07, 6.45) is 8.55. The lowest BCUT2D eigenvalue weighted by molar-refractivity contribution is -0.122. The van der Waals surface area contributed by atoms with E-state index in [9.17, 15) is 9.90 Å². The molecule has 0 heterocycles. The standard InChI is InChI=1S/C14H24N2O2/c1-4-9-15-10-12(17)16-11-14(18)7-5-13(2,3)6-8-14/h1,15,18H,5-11H2,2-3H3,(H,16,17). The molecule has 1 fully saturated rings. The van der Waals surface area contributed by atoms with Gasteiger partial charge in [0.1, 0.15) is 0 Å². The highest BCUT2D eigenvalue weighted by Crippen LogP contribution is 2.39. The minimum atomic E-state index is -0.739. The Kier molecular flexibility index (Phi) is 5.18. The van der Waals surface area contributed by atoms with Gasteiger partial charge in [0.05, 0.1) is 18.7 Å². The molecule has 1 amide bonds. The smallest absolute Gasteiger partial charge is 0.234 e. The Morgan fingerprint density at radius 2 is 1.94 bits per heavy atom. The van der Waals surface area contributed by atoms with Crippen molar-refractivity contribution >= 4 is 5.91 Å². The summed E-state index contributed by atoms with van der Waals surface area (Å²) in [5.74, 6) is 2.28. The van der Waals surface area contributed by atoms with Gasteiger partial charge in [-0.2, -0.15) is 0 Å². The van der Waals surface area contributed by atoms with Crippen LogP contribution >= 0.6 is 0 Å². The number of terminal acetylenes is 1. The fraction of sp³-hybridized carbons (Fsp3) is 0.786. The van der Waals surface area contributed by atoms with Gasteiger partial charge in [-0.25, -0.2) is 0 Å². The Hall–Kier alpha value is -1.05. The Bertz CT molecular complexity index is 321. The molecule has 3 N–H and O–H groups in total. The van der Waals surface area contributed by atoms with Gasteiger partial charge in [-0.05, 0) is 31.1 Å². The van der Waals surface area contributed by atoms with Gasteiger partial charge < -0.3 is 10.4 Å². The van der Waals surface area contributed by atoms with Gasteiger partial charge in [0, 0.05) is 6.54 Å². The van der Waals surface area contributed by atoms with Crippen molar-refractivity contribution in [1.82, 2.24) is 10.6 Å². The van der Waals surface area contributed by atoms with Crippen molar-refractivity contribution in [3.05, 3.63) is 0 Å². The van der Waals surface area contributed by atoms with E-state index in [4.69, 9.17) is 6.42 Å². The number of carbonyl (C=O) groups is 1. The van der Waals surface area contributed by atoms with E-state index in [2.05, 4.69) is 30.4 Å². The molecule has 1 rings (SSSR count). The third-order valence-corrected chi connectivity index (χ3v) is 3.66. The van der Waals surface area contributed by atoms with Crippen LogP contribution in [0.5, 0.6) is 0 Å². The molecule has 1 aliphatic carbocycles. The summed E-state index contributed by atoms with van der Waals surface area (Å²) in [5.41, 5.74) is -0.429. The van der Waals surface area contributed by atoms with E-state index >= 15 is 0 Å². The number of carbonyl (C=O) groups excluding carboxylic acids is 1. The van der Waals surface area contributed by atoms with Crippen LogP contribution in [-0.4, -0.2) is 36.2 Å². The minimum Gasteiger partial charge on any atom is -0.388 e. The topological polar surface area (TPSA) is 61.4 Å². The molecule has 0 unspecified atom stereocenters. The molecule has 4 heteroatoms. The maximum absolute atomic E-state index is 11.5. The molecule has 0 atom stereocenters. The van der Waals surface area contributed by atoms with Gasteiger partial charge in [0.15, 0.2) is 0 Å². The van der Waals surface area contributed by atoms with E-state index in [1.807, 2.05) is 0 Å². The van der Waals surface area contributed by atoms with Crippen LogP contribution in [0.15, 0.2) is 0 Å². The second-order valence-corrected chi connectivity index (χ2v) is 5.97. The molecule has 1 saturated carbocycles. The Morgan fingerprint density at radius 1 is 1.33 bits per heavy atom. The number of nitrogens with one attached hydrogen (secondary N) is 2. The van der Waals surface area contributed by atoms with Gasteiger partial charge in [-0.15, -0.1) is 6.42 Å². The summed E-state index contributed by atoms with van der Waals surface area (Å²) in [7, 11) is 0. The number of amides is 1. The van der Waals surface area contributed by atoms with Crippen LogP contribution in [0, 0.1) is 17.8 Å². The molecule has 102 valence electrons. The first-order chi connectivity index (χ1) is 8.37. The van der Waals surface area contributed by atoms with Gasteiger partial charge >= 0.3 is 0 Å². The van der Waals surface area contributed by atoms with Crippen LogP contribution in [0.25, 0.3) is 0 Å². The highest BCUT2D eigenvalue weighted by molar-refractivity contribution is 5.78. The van der Waals surface area contributed by atoms with E-state index in [0.717, 1.165) is 25.7 Å². The maximum atomic E-state index is 11.5. The Balaban J connectivity index is 2.26. The molecule has 0 radical (unpaired) electrons.